The van der Waals surface area contributed by atoms with Crippen molar-refractivity contribution in [2.75, 3.05) is 13.1 Å². The zero-order chi connectivity index (χ0) is 15.2. The highest BCUT2D eigenvalue weighted by molar-refractivity contribution is 6.01. The smallest absolute Gasteiger partial charge is 0.329 e. The van der Waals surface area contributed by atoms with E-state index in [-0.39, 0.29) is 30.1 Å². The summed E-state index contributed by atoms with van der Waals surface area (Å²) in [5, 5.41) is 3.34. The van der Waals surface area contributed by atoms with Crippen LogP contribution in [0.4, 0.5) is 13.2 Å². The lowest BCUT2D eigenvalue weighted by atomic mass is 9.92. The van der Waals surface area contributed by atoms with E-state index in [9.17, 15) is 18.0 Å². The lowest BCUT2D eigenvalue weighted by Crippen LogP contribution is -2.51. The number of carbonyl (C=O) groups excluding carboxylic acids is 1. The maximum Gasteiger partial charge on any atom is 0.417 e. The van der Waals surface area contributed by atoms with E-state index in [4.69, 9.17) is 0 Å². The molecule has 22 heavy (non-hydrogen) atoms. The minimum Gasteiger partial charge on any atom is -0.329 e. The van der Waals surface area contributed by atoms with Gasteiger partial charge in [0.1, 0.15) is 0 Å². The highest BCUT2D eigenvalue weighted by atomic mass is 35.5. The van der Waals surface area contributed by atoms with Gasteiger partial charge in [-0.05, 0) is 18.1 Å². The molecule has 1 aromatic rings. The Morgan fingerprint density at radius 2 is 2.09 bits per heavy atom. The number of fused-ring (bicyclic) bond motifs is 3. The lowest BCUT2D eigenvalue weighted by molar-refractivity contribution is -0.137. The molecule has 0 aromatic heterocycles. The molecule has 1 N–H and O–H groups in total. The minimum absolute atomic E-state index is 0. The molecule has 0 saturated carbocycles. The summed E-state index contributed by atoms with van der Waals surface area (Å²) in [5.41, 5.74) is -0.449. The summed E-state index contributed by atoms with van der Waals surface area (Å²) in [6.07, 6.45) is -2.74. The number of halogens is 4. The predicted octanol–water partition coefficient (Wildman–Crippen LogP) is 3.40. The fraction of sp³-hybridized carbons (Fsp3) is 0.533. The van der Waals surface area contributed by atoms with Crippen molar-refractivity contribution in [1.82, 2.24) is 10.2 Å². The number of hydrogen-bond donors (Lipinski definition) is 1. The summed E-state index contributed by atoms with van der Waals surface area (Å²) in [7, 11) is 0. The number of benzene rings is 1. The van der Waals surface area contributed by atoms with Crippen molar-refractivity contribution in [3.63, 3.8) is 0 Å². The topological polar surface area (TPSA) is 32.3 Å². The highest BCUT2D eigenvalue weighted by Crippen LogP contribution is 2.43. The molecular formula is C15H18ClF3N2O. The van der Waals surface area contributed by atoms with Crippen LogP contribution in [0, 0.1) is 0 Å². The third kappa shape index (κ3) is 2.58. The van der Waals surface area contributed by atoms with Crippen LogP contribution in [0.25, 0.3) is 0 Å². The summed E-state index contributed by atoms with van der Waals surface area (Å²) in [5.74, 6) is -0.481. The van der Waals surface area contributed by atoms with Crippen LogP contribution in [0.2, 0.25) is 0 Å². The third-order valence-corrected chi connectivity index (χ3v) is 4.27. The van der Waals surface area contributed by atoms with Crippen molar-refractivity contribution in [3.05, 3.63) is 34.9 Å². The van der Waals surface area contributed by atoms with Gasteiger partial charge in [0, 0.05) is 19.1 Å². The van der Waals surface area contributed by atoms with Gasteiger partial charge in [0.05, 0.1) is 17.2 Å². The minimum atomic E-state index is -4.50. The average Bonchev–Trinajstić information content (AvgIpc) is 2.73. The van der Waals surface area contributed by atoms with E-state index in [1.807, 2.05) is 6.92 Å². The van der Waals surface area contributed by atoms with Crippen LogP contribution in [-0.4, -0.2) is 29.9 Å². The number of nitrogens with zero attached hydrogens (tertiary/aromatic N) is 1. The van der Waals surface area contributed by atoms with Gasteiger partial charge in [-0.3, -0.25) is 4.79 Å². The van der Waals surface area contributed by atoms with Crippen molar-refractivity contribution >= 4 is 18.3 Å². The number of amides is 1. The number of carbonyl (C=O) groups is 1. The average molecular weight is 335 g/mol. The summed E-state index contributed by atoms with van der Waals surface area (Å²) in [6.45, 7) is 3.11. The van der Waals surface area contributed by atoms with Gasteiger partial charge in [-0.2, -0.15) is 13.2 Å². The van der Waals surface area contributed by atoms with E-state index in [1.54, 1.807) is 11.0 Å². The van der Waals surface area contributed by atoms with Crippen molar-refractivity contribution in [2.24, 2.45) is 0 Å². The van der Waals surface area contributed by atoms with E-state index in [2.05, 4.69) is 5.32 Å². The molecule has 2 aliphatic rings. The van der Waals surface area contributed by atoms with Crippen LogP contribution in [0.5, 0.6) is 0 Å². The second-order valence-corrected chi connectivity index (χ2v) is 5.56. The SMILES string of the molecule is CCC[C@H]1NCCN2C(=O)c3c(cccc3C(F)(F)F)[C@@H]12.Cl. The van der Waals surface area contributed by atoms with Gasteiger partial charge >= 0.3 is 6.18 Å². The lowest BCUT2D eigenvalue weighted by Gasteiger charge is -2.38. The highest BCUT2D eigenvalue weighted by Gasteiger charge is 2.47. The molecule has 0 spiro atoms. The quantitative estimate of drug-likeness (QED) is 0.899. The number of alkyl halides is 3. The Kier molecular flexibility index (Phi) is 4.73. The summed E-state index contributed by atoms with van der Waals surface area (Å²) < 4.78 is 39.5. The largest absolute Gasteiger partial charge is 0.417 e. The first kappa shape index (κ1) is 17.1. The molecule has 0 unspecified atom stereocenters. The molecule has 0 bridgehead atoms. The van der Waals surface area contributed by atoms with Gasteiger partial charge in [0.25, 0.3) is 5.91 Å². The second kappa shape index (κ2) is 6.08. The zero-order valence-electron chi connectivity index (χ0n) is 12.1. The third-order valence-electron chi connectivity index (χ3n) is 4.27. The van der Waals surface area contributed by atoms with E-state index in [0.29, 0.717) is 18.7 Å². The Morgan fingerprint density at radius 3 is 2.73 bits per heavy atom. The molecule has 122 valence electrons. The molecule has 1 aromatic carbocycles. The molecule has 7 heteroatoms. The Balaban J connectivity index is 0.00000176. The molecule has 2 aliphatic heterocycles. The van der Waals surface area contributed by atoms with Crippen LogP contribution in [0.3, 0.4) is 0 Å². The van der Waals surface area contributed by atoms with Crippen molar-refractivity contribution < 1.29 is 18.0 Å². The standard InChI is InChI=1S/C15H17F3N2O.ClH/c1-2-4-11-13-9-5-3-6-10(15(16,17)18)12(9)14(21)20(13)8-7-19-11;/h3,5-6,11,13,19H,2,4,7-8H2,1H3;1H/t11-,13+;/m1./s1. The zero-order valence-corrected chi connectivity index (χ0v) is 12.9. The van der Waals surface area contributed by atoms with Crippen LogP contribution < -0.4 is 5.32 Å². The maximum atomic E-state index is 13.2. The first-order valence-electron chi connectivity index (χ1n) is 7.19. The Labute approximate surface area is 133 Å². The molecular weight excluding hydrogens is 317 g/mol. The normalized spacial score (nSPS) is 23.8. The molecule has 1 saturated heterocycles. The molecule has 2 atom stereocenters. The number of hydrogen-bond acceptors (Lipinski definition) is 2. The van der Waals surface area contributed by atoms with Crippen LogP contribution in [0.1, 0.15) is 47.3 Å². The van der Waals surface area contributed by atoms with Crippen LogP contribution in [0.15, 0.2) is 18.2 Å². The summed E-state index contributed by atoms with van der Waals surface area (Å²) in [6, 6.07) is 3.80. The first-order chi connectivity index (χ1) is 9.95. The van der Waals surface area contributed by atoms with Gasteiger partial charge in [0.15, 0.2) is 0 Å². The molecule has 0 aliphatic carbocycles. The van der Waals surface area contributed by atoms with Gasteiger partial charge in [0.2, 0.25) is 0 Å². The van der Waals surface area contributed by atoms with E-state index < -0.39 is 17.6 Å². The Hall–Kier alpha value is -1.27. The Morgan fingerprint density at radius 1 is 1.36 bits per heavy atom. The summed E-state index contributed by atoms with van der Waals surface area (Å²) in [4.78, 5) is 14.0. The van der Waals surface area contributed by atoms with E-state index in [1.165, 1.54) is 6.07 Å². The van der Waals surface area contributed by atoms with Crippen molar-refractivity contribution in [1.29, 1.82) is 0 Å². The number of rotatable bonds is 2. The summed E-state index contributed by atoms with van der Waals surface area (Å²) >= 11 is 0. The van der Waals surface area contributed by atoms with Crippen LogP contribution >= 0.6 is 12.4 Å². The number of piperazine rings is 1. The van der Waals surface area contributed by atoms with Gasteiger partial charge in [-0.25, -0.2) is 0 Å². The van der Waals surface area contributed by atoms with Crippen molar-refractivity contribution in [2.45, 2.75) is 38.0 Å². The fourth-order valence-electron chi connectivity index (χ4n) is 3.46. The molecule has 2 heterocycles. The molecule has 0 radical (unpaired) electrons. The fourth-order valence-corrected chi connectivity index (χ4v) is 3.46. The van der Waals surface area contributed by atoms with E-state index >= 15 is 0 Å². The van der Waals surface area contributed by atoms with Gasteiger partial charge in [-0.1, -0.05) is 25.5 Å². The van der Waals surface area contributed by atoms with E-state index in [0.717, 1.165) is 18.9 Å². The van der Waals surface area contributed by atoms with Crippen molar-refractivity contribution in [3.8, 4) is 0 Å². The molecule has 3 rings (SSSR count). The first-order valence-corrected chi connectivity index (χ1v) is 7.19. The molecule has 3 nitrogen and oxygen atoms in total. The molecule has 1 fully saturated rings. The Bertz CT molecular complexity index is 574. The van der Waals surface area contributed by atoms with Gasteiger partial charge in [-0.15, -0.1) is 12.4 Å². The second-order valence-electron chi connectivity index (χ2n) is 5.56. The van der Waals surface area contributed by atoms with Crippen LogP contribution in [-0.2, 0) is 6.18 Å². The van der Waals surface area contributed by atoms with Gasteiger partial charge < -0.3 is 10.2 Å². The monoisotopic (exact) mass is 334 g/mol. The molecule has 1 amide bonds. The predicted molar refractivity (Wildman–Crippen MR) is 79.2 cm³/mol. The maximum absolute atomic E-state index is 13.2. The number of nitrogens with one attached hydrogen (secondary N) is 1.